The largest absolute Gasteiger partial charge is 0.342 e. The summed E-state index contributed by atoms with van der Waals surface area (Å²) in [6.45, 7) is 8.13. The van der Waals surface area contributed by atoms with Gasteiger partial charge < -0.3 is 4.90 Å². The quantitative estimate of drug-likeness (QED) is 0.861. The van der Waals surface area contributed by atoms with E-state index in [4.69, 9.17) is 0 Å². The number of piperidine rings is 1. The highest BCUT2D eigenvalue weighted by Gasteiger charge is 2.21. The molecule has 1 unspecified atom stereocenters. The predicted octanol–water partition coefficient (Wildman–Crippen LogP) is 2.28. The van der Waals surface area contributed by atoms with Crippen molar-refractivity contribution < 1.29 is 4.79 Å². The van der Waals surface area contributed by atoms with E-state index in [1.165, 1.54) is 18.2 Å². The summed E-state index contributed by atoms with van der Waals surface area (Å²) in [5.41, 5.74) is 0. The van der Waals surface area contributed by atoms with E-state index < -0.39 is 0 Å². The van der Waals surface area contributed by atoms with Crippen LogP contribution in [0.2, 0.25) is 0 Å². The fourth-order valence-electron chi connectivity index (χ4n) is 2.21. The Labute approximate surface area is 118 Å². The van der Waals surface area contributed by atoms with Crippen molar-refractivity contribution >= 4 is 17.7 Å². The smallest absolute Gasteiger partial charge is 0.233 e. The Morgan fingerprint density at radius 1 is 1.58 bits per heavy atom. The van der Waals surface area contributed by atoms with Crippen LogP contribution < -0.4 is 0 Å². The van der Waals surface area contributed by atoms with E-state index in [-0.39, 0.29) is 5.91 Å². The van der Waals surface area contributed by atoms with Crippen LogP contribution >= 0.6 is 11.8 Å². The number of nitrogens with zero attached hydrogens (tertiary/aromatic N) is 3. The van der Waals surface area contributed by atoms with Gasteiger partial charge in [0, 0.05) is 19.0 Å². The molecule has 6 heteroatoms. The first kappa shape index (κ1) is 14.4. The zero-order valence-corrected chi connectivity index (χ0v) is 12.7. The predicted molar refractivity (Wildman–Crippen MR) is 76.2 cm³/mol. The lowest BCUT2D eigenvalue weighted by Crippen LogP contribution is -2.40. The van der Waals surface area contributed by atoms with Crippen LogP contribution in [0.15, 0.2) is 5.16 Å². The number of rotatable bonds is 4. The van der Waals surface area contributed by atoms with Crippen LogP contribution in [0.4, 0.5) is 0 Å². The summed E-state index contributed by atoms with van der Waals surface area (Å²) in [5, 5.41) is 7.70. The molecule has 1 atom stereocenters. The van der Waals surface area contributed by atoms with Crippen LogP contribution in [-0.2, 0) is 4.79 Å². The average Bonchev–Trinajstić information content (AvgIpc) is 2.85. The van der Waals surface area contributed by atoms with E-state index in [0.29, 0.717) is 22.7 Å². The molecule has 2 rings (SSSR count). The molecule has 19 heavy (non-hydrogen) atoms. The van der Waals surface area contributed by atoms with Crippen LogP contribution in [-0.4, -0.2) is 44.8 Å². The number of aromatic amines is 1. The SMILES string of the molecule is CC1CCCN(C(=O)CSc2n[nH]c(C(C)C)n2)C1. The van der Waals surface area contributed by atoms with E-state index in [1.54, 1.807) is 0 Å². The van der Waals surface area contributed by atoms with Gasteiger partial charge in [-0.2, -0.15) is 0 Å². The van der Waals surface area contributed by atoms with Crippen LogP contribution in [0.5, 0.6) is 0 Å². The van der Waals surface area contributed by atoms with Gasteiger partial charge in [0.25, 0.3) is 0 Å². The zero-order valence-electron chi connectivity index (χ0n) is 11.8. The molecule has 2 heterocycles. The lowest BCUT2D eigenvalue weighted by molar-refractivity contribution is -0.130. The highest BCUT2D eigenvalue weighted by atomic mass is 32.2. The van der Waals surface area contributed by atoms with E-state index in [2.05, 4.69) is 36.0 Å². The third kappa shape index (κ3) is 3.96. The molecule has 5 nitrogen and oxygen atoms in total. The summed E-state index contributed by atoms with van der Waals surface area (Å²) in [4.78, 5) is 18.4. The van der Waals surface area contributed by atoms with Crippen molar-refractivity contribution in [2.75, 3.05) is 18.8 Å². The summed E-state index contributed by atoms with van der Waals surface area (Å²) in [6, 6.07) is 0. The Morgan fingerprint density at radius 3 is 3.00 bits per heavy atom. The van der Waals surface area contributed by atoms with Gasteiger partial charge in [-0.3, -0.25) is 9.89 Å². The van der Waals surface area contributed by atoms with Crippen molar-refractivity contribution in [3.63, 3.8) is 0 Å². The summed E-state index contributed by atoms with van der Waals surface area (Å²) >= 11 is 1.42. The molecule has 0 radical (unpaired) electrons. The Bertz CT molecular complexity index is 432. The summed E-state index contributed by atoms with van der Waals surface area (Å²) in [5.74, 6) is 2.47. The minimum absolute atomic E-state index is 0.201. The Morgan fingerprint density at radius 2 is 2.37 bits per heavy atom. The lowest BCUT2D eigenvalue weighted by atomic mass is 10.0. The van der Waals surface area contributed by atoms with Gasteiger partial charge in [0.15, 0.2) is 0 Å². The number of carbonyl (C=O) groups is 1. The minimum Gasteiger partial charge on any atom is -0.342 e. The molecule has 1 aliphatic rings. The molecule has 1 aliphatic heterocycles. The van der Waals surface area contributed by atoms with E-state index in [9.17, 15) is 4.79 Å². The van der Waals surface area contributed by atoms with Gasteiger partial charge in [-0.05, 0) is 18.8 Å². The number of hydrogen-bond donors (Lipinski definition) is 1. The van der Waals surface area contributed by atoms with Crippen LogP contribution in [0, 0.1) is 5.92 Å². The van der Waals surface area contributed by atoms with Crippen LogP contribution in [0.1, 0.15) is 45.4 Å². The van der Waals surface area contributed by atoms with Crippen molar-refractivity contribution in [3.8, 4) is 0 Å². The zero-order chi connectivity index (χ0) is 13.8. The Kier molecular flexibility index (Phi) is 4.85. The maximum Gasteiger partial charge on any atom is 0.233 e. The second kappa shape index (κ2) is 6.41. The number of H-pyrrole nitrogens is 1. The topological polar surface area (TPSA) is 61.9 Å². The molecular weight excluding hydrogens is 260 g/mol. The normalized spacial score (nSPS) is 20.0. The molecular formula is C13H22N4OS. The monoisotopic (exact) mass is 282 g/mol. The fraction of sp³-hybridized carbons (Fsp3) is 0.769. The van der Waals surface area contributed by atoms with Crippen LogP contribution in [0.25, 0.3) is 0 Å². The number of amides is 1. The molecule has 0 bridgehead atoms. The van der Waals surface area contributed by atoms with Gasteiger partial charge in [0.1, 0.15) is 5.82 Å². The number of likely N-dealkylation sites (tertiary alicyclic amines) is 1. The van der Waals surface area contributed by atoms with Crippen LogP contribution in [0.3, 0.4) is 0 Å². The second-order valence-corrected chi connectivity index (χ2v) is 6.48. The third-order valence-electron chi connectivity index (χ3n) is 3.36. The van der Waals surface area contributed by atoms with Crippen molar-refractivity contribution in [2.24, 2.45) is 5.92 Å². The van der Waals surface area contributed by atoms with Gasteiger partial charge in [-0.1, -0.05) is 32.5 Å². The molecule has 1 saturated heterocycles. The molecule has 1 aromatic heterocycles. The second-order valence-electron chi connectivity index (χ2n) is 5.53. The van der Waals surface area contributed by atoms with Gasteiger partial charge in [0.2, 0.25) is 11.1 Å². The molecule has 0 saturated carbocycles. The van der Waals surface area contributed by atoms with Gasteiger partial charge in [0.05, 0.1) is 5.75 Å². The first-order chi connectivity index (χ1) is 9.06. The first-order valence-corrected chi connectivity index (χ1v) is 7.87. The van der Waals surface area contributed by atoms with Gasteiger partial charge in [-0.15, -0.1) is 5.10 Å². The lowest BCUT2D eigenvalue weighted by Gasteiger charge is -2.30. The number of hydrogen-bond acceptors (Lipinski definition) is 4. The number of thioether (sulfide) groups is 1. The molecule has 106 valence electrons. The van der Waals surface area contributed by atoms with E-state index in [1.807, 2.05) is 4.90 Å². The minimum atomic E-state index is 0.201. The summed E-state index contributed by atoms with van der Waals surface area (Å²) in [6.07, 6.45) is 2.35. The van der Waals surface area contributed by atoms with Gasteiger partial charge >= 0.3 is 0 Å². The average molecular weight is 282 g/mol. The van der Waals surface area contributed by atoms with Crippen molar-refractivity contribution in [2.45, 2.75) is 44.7 Å². The Hall–Kier alpha value is -1.04. The maximum absolute atomic E-state index is 12.1. The van der Waals surface area contributed by atoms with E-state index in [0.717, 1.165) is 25.3 Å². The summed E-state index contributed by atoms with van der Waals surface area (Å²) < 4.78 is 0. The van der Waals surface area contributed by atoms with E-state index >= 15 is 0 Å². The molecule has 1 N–H and O–H groups in total. The molecule has 1 fully saturated rings. The molecule has 0 spiro atoms. The van der Waals surface area contributed by atoms with Crippen molar-refractivity contribution in [1.82, 2.24) is 20.1 Å². The first-order valence-electron chi connectivity index (χ1n) is 6.89. The van der Waals surface area contributed by atoms with Gasteiger partial charge in [-0.25, -0.2) is 4.98 Å². The number of carbonyl (C=O) groups excluding carboxylic acids is 1. The highest BCUT2D eigenvalue weighted by molar-refractivity contribution is 7.99. The summed E-state index contributed by atoms with van der Waals surface area (Å²) in [7, 11) is 0. The highest BCUT2D eigenvalue weighted by Crippen LogP contribution is 2.19. The number of nitrogens with one attached hydrogen (secondary N) is 1. The molecule has 1 aromatic rings. The standard InChI is InChI=1S/C13H22N4OS/c1-9(2)12-14-13(16-15-12)19-8-11(18)17-6-4-5-10(3)7-17/h9-10H,4-8H2,1-3H3,(H,14,15,16). The maximum atomic E-state index is 12.1. The van der Waals surface area contributed by atoms with Crippen molar-refractivity contribution in [3.05, 3.63) is 5.82 Å². The Balaban J connectivity index is 1.82. The molecule has 1 amide bonds. The molecule has 0 aliphatic carbocycles. The number of aromatic nitrogens is 3. The van der Waals surface area contributed by atoms with Crippen molar-refractivity contribution in [1.29, 1.82) is 0 Å². The third-order valence-corrected chi connectivity index (χ3v) is 4.20. The molecule has 0 aromatic carbocycles. The fourth-order valence-corrected chi connectivity index (χ4v) is 2.92.